The summed E-state index contributed by atoms with van der Waals surface area (Å²) in [5, 5.41) is 29.4. The molecule has 0 aromatic rings. The van der Waals surface area contributed by atoms with Gasteiger partial charge in [-0.1, -0.05) is 32.4 Å². The van der Waals surface area contributed by atoms with E-state index < -0.39 is 18.5 Å². The fourth-order valence-electron chi connectivity index (χ4n) is 8.08. The first kappa shape index (κ1) is 21.0. The summed E-state index contributed by atoms with van der Waals surface area (Å²) in [6, 6.07) is 0. The second kappa shape index (κ2) is 7.19. The molecular formula is C24H36O5. The maximum atomic E-state index is 13.1. The number of carboxylic acids is 1. The molecule has 29 heavy (non-hydrogen) atoms. The second-order valence-electron chi connectivity index (χ2n) is 10.9. The molecule has 4 rings (SSSR count). The number of allylic oxidation sites excluding steroid dienone is 1. The Morgan fingerprint density at radius 2 is 1.93 bits per heavy atom. The quantitative estimate of drug-likeness (QED) is 0.623. The van der Waals surface area contributed by atoms with Gasteiger partial charge in [0.2, 0.25) is 0 Å². The lowest BCUT2D eigenvalue weighted by molar-refractivity contribution is -0.148. The molecule has 1 unspecified atom stereocenters. The molecule has 0 bridgehead atoms. The van der Waals surface area contributed by atoms with Gasteiger partial charge < -0.3 is 15.3 Å². The van der Waals surface area contributed by atoms with Crippen LogP contribution in [0.2, 0.25) is 0 Å². The zero-order valence-corrected chi connectivity index (χ0v) is 17.9. The van der Waals surface area contributed by atoms with Crippen LogP contribution in [0.15, 0.2) is 11.6 Å². The molecule has 162 valence electrons. The number of hydrogen-bond donors (Lipinski definition) is 3. The second-order valence-corrected chi connectivity index (χ2v) is 10.9. The monoisotopic (exact) mass is 404 g/mol. The van der Waals surface area contributed by atoms with E-state index in [-0.39, 0.29) is 34.6 Å². The molecule has 4 aliphatic rings. The minimum atomic E-state index is -1.40. The van der Waals surface area contributed by atoms with Gasteiger partial charge in [0.05, 0.1) is 12.5 Å². The molecule has 5 nitrogen and oxygen atoms in total. The van der Waals surface area contributed by atoms with Gasteiger partial charge >= 0.3 is 5.97 Å². The van der Waals surface area contributed by atoms with Gasteiger partial charge in [0, 0.05) is 5.92 Å². The van der Waals surface area contributed by atoms with Crippen LogP contribution in [0.3, 0.4) is 0 Å². The number of hydrogen-bond acceptors (Lipinski definition) is 4. The zero-order chi connectivity index (χ0) is 21.1. The van der Waals surface area contributed by atoms with Gasteiger partial charge in [-0.25, -0.2) is 0 Å². The maximum absolute atomic E-state index is 13.1. The predicted molar refractivity (Wildman–Crippen MR) is 109 cm³/mol. The molecule has 0 aliphatic heterocycles. The Kier molecular flexibility index (Phi) is 5.22. The number of aliphatic carboxylic acids is 1. The average molecular weight is 405 g/mol. The van der Waals surface area contributed by atoms with Gasteiger partial charge in [0.1, 0.15) is 6.10 Å². The highest BCUT2D eigenvalue weighted by atomic mass is 16.4. The lowest BCUT2D eigenvalue weighted by Crippen LogP contribution is -2.51. The van der Waals surface area contributed by atoms with Crippen molar-refractivity contribution in [1.29, 1.82) is 0 Å². The summed E-state index contributed by atoms with van der Waals surface area (Å²) < 4.78 is 0. The van der Waals surface area contributed by atoms with E-state index in [1.807, 2.05) is 0 Å². The molecular weight excluding hydrogens is 368 g/mol. The van der Waals surface area contributed by atoms with Crippen molar-refractivity contribution < 1.29 is 24.9 Å². The summed E-state index contributed by atoms with van der Waals surface area (Å²) >= 11 is 0. The van der Waals surface area contributed by atoms with Crippen molar-refractivity contribution in [3.05, 3.63) is 11.6 Å². The lowest BCUT2D eigenvalue weighted by Gasteiger charge is -2.58. The predicted octanol–water partition coefficient (Wildman–Crippen LogP) is 3.58. The maximum Gasteiger partial charge on any atom is 0.306 e. The minimum Gasteiger partial charge on any atom is -0.481 e. The number of aliphatic hydroxyl groups excluding tert-OH is 2. The fraction of sp³-hybridized carbons (Fsp3) is 0.833. The standard InChI is InChI=1S/C24H36O5/c1-13-10-18-16-5-4-14-11-15(25)6-8-23(14,2)17(16)7-9-24(18,3)21(13)22(29)19(26)12-20(27)28/h4,13,15-19,21,25-26H,5-12H2,1-3H3,(H,27,28)/t13-,15+,16-,17+,18+,19?,21-,23+,24+/m1/s1. The number of aliphatic hydroxyl groups is 2. The number of rotatable bonds is 4. The van der Waals surface area contributed by atoms with E-state index in [1.54, 1.807) is 0 Å². The summed E-state index contributed by atoms with van der Waals surface area (Å²) in [4.78, 5) is 24.1. The molecule has 0 aromatic carbocycles. The Balaban J connectivity index is 1.61. The van der Waals surface area contributed by atoms with Crippen LogP contribution in [-0.2, 0) is 9.59 Å². The van der Waals surface area contributed by atoms with E-state index in [0.29, 0.717) is 17.8 Å². The molecule has 3 saturated carbocycles. The molecule has 9 atom stereocenters. The van der Waals surface area contributed by atoms with Gasteiger partial charge in [0.15, 0.2) is 5.78 Å². The molecule has 0 saturated heterocycles. The van der Waals surface area contributed by atoms with Crippen LogP contribution in [0.1, 0.15) is 72.1 Å². The van der Waals surface area contributed by atoms with Crippen molar-refractivity contribution >= 4 is 11.8 Å². The molecule has 5 heteroatoms. The summed E-state index contributed by atoms with van der Waals surface area (Å²) in [6.45, 7) is 6.72. The first-order chi connectivity index (χ1) is 13.6. The summed E-state index contributed by atoms with van der Waals surface area (Å²) in [7, 11) is 0. The highest BCUT2D eigenvalue weighted by Gasteiger charge is 2.62. The number of carbonyl (C=O) groups excluding carboxylic acids is 1. The van der Waals surface area contributed by atoms with E-state index in [9.17, 15) is 19.8 Å². The van der Waals surface area contributed by atoms with Gasteiger partial charge in [-0.3, -0.25) is 9.59 Å². The third-order valence-corrected chi connectivity index (χ3v) is 9.42. The first-order valence-corrected chi connectivity index (χ1v) is 11.4. The van der Waals surface area contributed by atoms with Gasteiger partial charge in [-0.15, -0.1) is 0 Å². The highest BCUT2D eigenvalue weighted by Crippen LogP contribution is 2.67. The van der Waals surface area contributed by atoms with Crippen molar-refractivity contribution in [3.8, 4) is 0 Å². The van der Waals surface area contributed by atoms with Gasteiger partial charge in [-0.05, 0) is 79.4 Å². The van der Waals surface area contributed by atoms with Crippen LogP contribution >= 0.6 is 0 Å². The Morgan fingerprint density at radius 1 is 1.21 bits per heavy atom. The van der Waals surface area contributed by atoms with Gasteiger partial charge in [-0.2, -0.15) is 0 Å². The number of ketones is 1. The van der Waals surface area contributed by atoms with Crippen molar-refractivity contribution in [2.75, 3.05) is 0 Å². The minimum absolute atomic E-state index is 0.160. The third-order valence-electron chi connectivity index (χ3n) is 9.42. The van der Waals surface area contributed by atoms with Crippen molar-refractivity contribution in [1.82, 2.24) is 0 Å². The van der Waals surface area contributed by atoms with Crippen molar-refractivity contribution in [3.63, 3.8) is 0 Å². The van der Waals surface area contributed by atoms with Crippen LogP contribution in [0.4, 0.5) is 0 Å². The van der Waals surface area contributed by atoms with Gasteiger partial charge in [0.25, 0.3) is 0 Å². The third kappa shape index (κ3) is 3.20. The SMILES string of the molecule is C[C@@H]1C[C@H]2[C@@H]3CC=C4C[C@@H](O)CC[C@]4(C)[C@H]3CC[C@]2(C)[C@H]1C(=O)C(O)CC(=O)O. The summed E-state index contributed by atoms with van der Waals surface area (Å²) in [5.74, 6) is 0.0956. The molecule has 0 amide bonds. The highest BCUT2D eigenvalue weighted by molar-refractivity contribution is 5.89. The van der Waals surface area contributed by atoms with E-state index in [1.165, 1.54) is 5.57 Å². The molecule has 0 heterocycles. The van der Waals surface area contributed by atoms with E-state index in [4.69, 9.17) is 5.11 Å². The molecule has 3 fully saturated rings. The Labute approximate surface area is 173 Å². The summed E-state index contributed by atoms with van der Waals surface area (Å²) in [5.41, 5.74) is 1.45. The molecule has 0 spiro atoms. The Bertz CT molecular complexity index is 729. The summed E-state index contributed by atoms with van der Waals surface area (Å²) in [6.07, 6.45) is 7.04. The molecule has 0 radical (unpaired) electrons. The average Bonchev–Trinajstić information content (AvgIpc) is 2.91. The molecule has 4 aliphatic carbocycles. The fourth-order valence-corrected chi connectivity index (χ4v) is 8.08. The van der Waals surface area contributed by atoms with Crippen LogP contribution in [0.25, 0.3) is 0 Å². The van der Waals surface area contributed by atoms with E-state index >= 15 is 0 Å². The van der Waals surface area contributed by atoms with E-state index in [0.717, 1.165) is 44.9 Å². The Morgan fingerprint density at radius 3 is 2.62 bits per heavy atom. The topological polar surface area (TPSA) is 94.8 Å². The van der Waals surface area contributed by atoms with Crippen LogP contribution in [0, 0.1) is 40.4 Å². The van der Waals surface area contributed by atoms with Crippen molar-refractivity contribution in [2.24, 2.45) is 40.4 Å². The Hall–Kier alpha value is -1.20. The lowest BCUT2D eigenvalue weighted by atomic mass is 9.47. The number of carboxylic acid groups (broad SMARTS) is 1. The van der Waals surface area contributed by atoms with Crippen LogP contribution < -0.4 is 0 Å². The first-order valence-electron chi connectivity index (χ1n) is 11.4. The number of carbonyl (C=O) groups is 2. The van der Waals surface area contributed by atoms with Crippen molar-refractivity contribution in [2.45, 2.75) is 84.3 Å². The largest absolute Gasteiger partial charge is 0.481 e. The van der Waals surface area contributed by atoms with Crippen LogP contribution in [-0.4, -0.2) is 39.3 Å². The smallest absolute Gasteiger partial charge is 0.306 e. The molecule has 0 aromatic heterocycles. The van der Waals surface area contributed by atoms with E-state index in [2.05, 4.69) is 26.8 Å². The number of fused-ring (bicyclic) bond motifs is 5. The number of Topliss-reactive ketones (excluding diaryl/α,β-unsaturated/α-hetero) is 1. The van der Waals surface area contributed by atoms with Crippen LogP contribution in [0.5, 0.6) is 0 Å². The molecule has 3 N–H and O–H groups in total. The normalized spacial score (nSPS) is 47.4. The zero-order valence-electron chi connectivity index (χ0n) is 17.9.